The zero-order chi connectivity index (χ0) is 15.7. The molecular weight excluding hydrogens is 300 g/mol. The molecule has 0 spiro atoms. The number of aromatic nitrogens is 3. The molecule has 7 heteroatoms. The van der Waals surface area contributed by atoms with Crippen LogP contribution in [0.4, 0.5) is 5.82 Å². The SMILES string of the molecule is CCNc1cnc2c(ccn2S(=O)(=O)c2ccc(C)cc2)n1. The van der Waals surface area contributed by atoms with E-state index in [4.69, 9.17) is 0 Å². The van der Waals surface area contributed by atoms with Crippen LogP contribution in [0.1, 0.15) is 12.5 Å². The fourth-order valence-corrected chi connectivity index (χ4v) is 3.47. The van der Waals surface area contributed by atoms with Crippen molar-refractivity contribution in [2.75, 3.05) is 11.9 Å². The van der Waals surface area contributed by atoms with E-state index in [1.165, 1.54) is 12.4 Å². The Morgan fingerprint density at radius 1 is 1.18 bits per heavy atom. The van der Waals surface area contributed by atoms with Gasteiger partial charge in [0.05, 0.1) is 11.1 Å². The first-order chi connectivity index (χ1) is 10.5. The Hall–Kier alpha value is -2.41. The minimum Gasteiger partial charge on any atom is -0.369 e. The number of hydrogen-bond acceptors (Lipinski definition) is 5. The largest absolute Gasteiger partial charge is 0.369 e. The zero-order valence-corrected chi connectivity index (χ0v) is 13.1. The zero-order valence-electron chi connectivity index (χ0n) is 12.3. The molecule has 114 valence electrons. The molecule has 0 saturated heterocycles. The average molecular weight is 316 g/mol. The molecule has 0 aliphatic carbocycles. The molecular formula is C15H16N4O2S. The van der Waals surface area contributed by atoms with Crippen molar-refractivity contribution in [2.24, 2.45) is 0 Å². The molecule has 0 aliphatic heterocycles. The molecule has 6 nitrogen and oxygen atoms in total. The molecule has 0 atom stereocenters. The lowest BCUT2D eigenvalue weighted by atomic mass is 10.2. The molecule has 0 radical (unpaired) electrons. The Kier molecular flexibility index (Phi) is 3.58. The Morgan fingerprint density at radius 2 is 1.91 bits per heavy atom. The van der Waals surface area contributed by atoms with Gasteiger partial charge in [-0.15, -0.1) is 0 Å². The van der Waals surface area contributed by atoms with Crippen molar-refractivity contribution in [3.8, 4) is 0 Å². The number of nitrogens with one attached hydrogen (secondary N) is 1. The average Bonchev–Trinajstić information content (AvgIpc) is 2.92. The van der Waals surface area contributed by atoms with Gasteiger partial charge in [0, 0.05) is 12.7 Å². The van der Waals surface area contributed by atoms with Crippen molar-refractivity contribution in [2.45, 2.75) is 18.7 Å². The molecule has 2 aromatic heterocycles. The van der Waals surface area contributed by atoms with Crippen molar-refractivity contribution in [1.29, 1.82) is 0 Å². The van der Waals surface area contributed by atoms with Gasteiger partial charge in [-0.05, 0) is 32.0 Å². The predicted octanol–water partition coefficient (Wildman–Crippen LogP) is 2.41. The fraction of sp³-hybridized carbons (Fsp3) is 0.200. The summed E-state index contributed by atoms with van der Waals surface area (Å²) in [5.41, 5.74) is 1.86. The van der Waals surface area contributed by atoms with Crippen molar-refractivity contribution < 1.29 is 8.42 Å². The molecule has 3 aromatic rings. The molecule has 0 unspecified atom stereocenters. The number of nitrogens with zero attached hydrogens (tertiary/aromatic N) is 3. The van der Waals surface area contributed by atoms with Crippen molar-refractivity contribution in [3.05, 3.63) is 48.3 Å². The summed E-state index contributed by atoms with van der Waals surface area (Å²) < 4.78 is 26.6. The molecule has 3 rings (SSSR count). The molecule has 1 N–H and O–H groups in total. The number of aryl methyl sites for hydroxylation is 1. The van der Waals surface area contributed by atoms with Crippen LogP contribution in [-0.4, -0.2) is 28.9 Å². The lowest BCUT2D eigenvalue weighted by Crippen LogP contribution is -2.12. The number of fused-ring (bicyclic) bond motifs is 1. The second-order valence-corrected chi connectivity index (χ2v) is 6.74. The maximum Gasteiger partial charge on any atom is 0.269 e. The highest BCUT2D eigenvalue weighted by molar-refractivity contribution is 7.90. The molecule has 0 aliphatic rings. The van der Waals surface area contributed by atoms with E-state index < -0.39 is 10.0 Å². The summed E-state index contributed by atoms with van der Waals surface area (Å²) in [4.78, 5) is 8.81. The van der Waals surface area contributed by atoms with E-state index in [-0.39, 0.29) is 4.90 Å². The summed E-state index contributed by atoms with van der Waals surface area (Å²) >= 11 is 0. The Labute approximate surface area is 128 Å². The van der Waals surface area contributed by atoms with Crippen molar-refractivity contribution in [3.63, 3.8) is 0 Å². The van der Waals surface area contributed by atoms with Gasteiger partial charge < -0.3 is 5.32 Å². The summed E-state index contributed by atoms with van der Waals surface area (Å²) in [6.07, 6.45) is 3.02. The molecule has 0 fully saturated rings. The summed E-state index contributed by atoms with van der Waals surface area (Å²) in [5, 5.41) is 3.05. The van der Waals surface area contributed by atoms with Crippen LogP contribution in [0.15, 0.2) is 47.6 Å². The van der Waals surface area contributed by atoms with E-state index in [2.05, 4.69) is 15.3 Å². The van der Waals surface area contributed by atoms with Crippen LogP contribution in [0.25, 0.3) is 11.2 Å². The number of anilines is 1. The van der Waals surface area contributed by atoms with E-state index in [1.807, 2.05) is 13.8 Å². The van der Waals surface area contributed by atoms with Gasteiger partial charge in [-0.25, -0.2) is 22.4 Å². The molecule has 22 heavy (non-hydrogen) atoms. The van der Waals surface area contributed by atoms with Gasteiger partial charge in [-0.2, -0.15) is 0 Å². The van der Waals surface area contributed by atoms with Crippen LogP contribution in [0, 0.1) is 6.92 Å². The summed E-state index contributed by atoms with van der Waals surface area (Å²) in [6, 6.07) is 8.38. The van der Waals surface area contributed by atoms with Gasteiger partial charge in [0.15, 0.2) is 5.65 Å². The first-order valence-corrected chi connectivity index (χ1v) is 8.36. The lowest BCUT2D eigenvalue weighted by molar-refractivity contribution is 0.588. The first-order valence-electron chi connectivity index (χ1n) is 6.92. The minimum atomic E-state index is -3.67. The van der Waals surface area contributed by atoms with Gasteiger partial charge in [-0.3, -0.25) is 0 Å². The maximum absolute atomic E-state index is 12.7. The van der Waals surface area contributed by atoms with Crippen LogP contribution >= 0.6 is 0 Å². The molecule has 0 saturated carbocycles. The summed E-state index contributed by atoms with van der Waals surface area (Å²) in [5.74, 6) is 0.625. The lowest BCUT2D eigenvalue weighted by Gasteiger charge is -2.07. The molecule has 1 aromatic carbocycles. The Balaban J connectivity index is 2.11. The van der Waals surface area contributed by atoms with Crippen molar-refractivity contribution >= 4 is 27.0 Å². The monoisotopic (exact) mass is 316 g/mol. The smallest absolute Gasteiger partial charge is 0.269 e. The Bertz CT molecular complexity index is 914. The van der Waals surface area contributed by atoms with Crippen LogP contribution in [-0.2, 0) is 10.0 Å². The summed E-state index contributed by atoms with van der Waals surface area (Å²) in [7, 11) is -3.67. The number of hydrogen-bond donors (Lipinski definition) is 1. The first kappa shape index (κ1) is 14.5. The third-order valence-electron chi connectivity index (χ3n) is 3.29. The van der Waals surface area contributed by atoms with E-state index in [0.29, 0.717) is 17.0 Å². The van der Waals surface area contributed by atoms with Gasteiger partial charge in [0.2, 0.25) is 0 Å². The Morgan fingerprint density at radius 3 is 2.59 bits per heavy atom. The van der Waals surface area contributed by atoms with Gasteiger partial charge in [0.1, 0.15) is 11.3 Å². The molecule has 0 bridgehead atoms. The number of benzene rings is 1. The standard InChI is InChI=1S/C15H16N4O2S/c1-3-16-14-10-17-15-13(18-14)8-9-19(15)22(20,21)12-6-4-11(2)5-7-12/h4-10H,3H2,1-2H3,(H,16,18). The molecule has 2 heterocycles. The highest BCUT2D eigenvalue weighted by atomic mass is 32.2. The van der Waals surface area contributed by atoms with Crippen LogP contribution in [0.3, 0.4) is 0 Å². The van der Waals surface area contributed by atoms with E-state index >= 15 is 0 Å². The minimum absolute atomic E-state index is 0.230. The second-order valence-electron chi connectivity index (χ2n) is 4.92. The van der Waals surface area contributed by atoms with E-state index in [9.17, 15) is 8.42 Å². The highest BCUT2D eigenvalue weighted by Gasteiger charge is 2.20. The number of rotatable bonds is 4. The normalized spacial score (nSPS) is 11.7. The van der Waals surface area contributed by atoms with E-state index in [0.717, 1.165) is 16.1 Å². The quantitative estimate of drug-likeness (QED) is 0.800. The third kappa shape index (κ3) is 2.43. The van der Waals surface area contributed by atoms with Gasteiger partial charge in [-0.1, -0.05) is 17.7 Å². The van der Waals surface area contributed by atoms with Crippen molar-refractivity contribution in [1.82, 2.24) is 13.9 Å². The summed E-state index contributed by atoms with van der Waals surface area (Å²) in [6.45, 7) is 4.59. The third-order valence-corrected chi connectivity index (χ3v) is 4.97. The van der Waals surface area contributed by atoms with Gasteiger partial charge in [0.25, 0.3) is 10.0 Å². The van der Waals surface area contributed by atoms with E-state index in [1.54, 1.807) is 30.3 Å². The maximum atomic E-state index is 12.7. The van der Waals surface area contributed by atoms with Crippen LogP contribution < -0.4 is 5.32 Å². The fourth-order valence-electron chi connectivity index (χ4n) is 2.17. The topological polar surface area (TPSA) is 76.9 Å². The predicted molar refractivity (Wildman–Crippen MR) is 85.5 cm³/mol. The second kappa shape index (κ2) is 5.42. The van der Waals surface area contributed by atoms with Crippen LogP contribution in [0.2, 0.25) is 0 Å². The molecule has 0 amide bonds. The van der Waals surface area contributed by atoms with Crippen LogP contribution in [0.5, 0.6) is 0 Å². The highest BCUT2D eigenvalue weighted by Crippen LogP contribution is 2.21. The van der Waals surface area contributed by atoms with Gasteiger partial charge >= 0.3 is 0 Å².